The second kappa shape index (κ2) is 9.97. The Morgan fingerprint density at radius 1 is 0.893 bits per heavy atom. The second-order valence-electron chi connectivity index (χ2n) is 6.19. The zero-order valence-electron chi connectivity index (χ0n) is 15.6. The van der Waals surface area contributed by atoms with Gasteiger partial charge in [0.1, 0.15) is 18.1 Å². The van der Waals surface area contributed by atoms with Crippen LogP contribution in [0.3, 0.4) is 0 Å². The zero-order chi connectivity index (χ0) is 19.6. The Labute approximate surface area is 165 Å². The van der Waals surface area contributed by atoms with E-state index in [0.29, 0.717) is 36.0 Å². The molecule has 0 saturated heterocycles. The molecule has 0 aliphatic rings. The van der Waals surface area contributed by atoms with Crippen LogP contribution in [0.2, 0.25) is 0 Å². The highest BCUT2D eigenvalue weighted by Crippen LogP contribution is 2.19. The van der Waals surface area contributed by atoms with E-state index in [2.05, 4.69) is 24.0 Å². The van der Waals surface area contributed by atoms with Crippen molar-refractivity contribution in [2.45, 2.75) is 6.42 Å². The summed E-state index contributed by atoms with van der Waals surface area (Å²) in [5.74, 6) is 1.15. The number of hydrogen-bond acceptors (Lipinski definition) is 3. The van der Waals surface area contributed by atoms with Gasteiger partial charge in [0.05, 0.1) is 6.61 Å². The number of carbonyl (C=O) groups is 1. The van der Waals surface area contributed by atoms with Crippen molar-refractivity contribution in [3.8, 4) is 11.5 Å². The number of ether oxygens (including phenoxy) is 2. The third kappa shape index (κ3) is 5.74. The molecule has 0 heterocycles. The Morgan fingerprint density at radius 2 is 1.64 bits per heavy atom. The maximum atomic E-state index is 12.6. The molecule has 0 saturated carbocycles. The minimum atomic E-state index is -0.200. The molecule has 4 heteroatoms. The van der Waals surface area contributed by atoms with Crippen molar-refractivity contribution in [1.29, 1.82) is 0 Å². The molecule has 0 bridgehead atoms. The quantitative estimate of drug-likeness (QED) is 0.529. The van der Waals surface area contributed by atoms with Gasteiger partial charge in [-0.25, -0.2) is 0 Å². The molecule has 3 rings (SSSR count). The van der Waals surface area contributed by atoms with E-state index in [9.17, 15) is 4.79 Å². The van der Waals surface area contributed by atoms with E-state index in [1.54, 1.807) is 24.3 Å². The van der Waals surface area contributed by atoms with Crippen LogP contribution in [0.1, 0.15) is 15.9 Å². The predicted molar refractivity (Wildman–Crippen MR) is 112 cm³/mol. The summed E-state index contributed by atoms with van der Waals surface area (Å²) < 4.78 is 11.3. The molecular weight excluding hydrogens is 350 g/mol. The summed E-state index contributed by atoms with van der Waals surface area (Å²) in [5, 5.41) is 2.88. The molecule has 0 radical (unpaired) electrons. The van der Waals surface area contributed by atoms with Gasteiger partial charge in [0, 0.05) is 23.7 Å². The Balaban J connectivity index is 1.58. The molecule has 0 fully saturated rings. The van der Waals surface area contributed by atoms with E-state index in [0.717, 1.165) is 6.42 Å². The summed E-state index contributed by atoms with van der Waals surface area (Å²) in [6, 6.07) is 24.6. The highest BCUT2D eigenvalue weighted by Gasteiger charge is 2.08. The minimum Gasteiger partial charge on any atom is -0.493 e. The third-order valence-corrected chi connectivity index (χ3v) is 4.06. The molecule has 0 unspecified atom stereocenters. The molecule has 4 nitrogen and oxygen atoms in total. The number of hydrogen-bond donors (Lipinski definition) is 1. The average molecular weight is 373 g/mol. The lowest BCUT2D eigenvalue weighted by atomic mass is 10.1. The van der Waals surface area contributed by atoms with Gasteiger partial charge in [-0.05, 0) is 35.9 Å². The first-order valence-electron chi connectivity index (χ1n) is 9.16. The first-order valence-corrected chi connectivity index (χ1v) is 9.16. The Morgan fingerprint density at radius 3 is 2.43 bits per heavy atom. The van der Waals surface area contributed by atoms with Crippen LogP contribution in [-0.2, 0) is 6.42 Å². The lowest BCUT2D eigenvalue weighted by molar-refractivity contribution is 0.102. The van der Waals surface area contributed by atoms with Gasteiger partial charge in [-0.15, -0.1) is 0 Å². The van der Waals surface area contributed by atoms with Gasteiger partial charge in [-0.1, -0.05) is 55.1 Å². The van der Waals surface area contributed by atoms with Crippen molar-refractivity contribution in [2.75, 3.05) is 18.5 Å². The van der Waals surface area contributed by atoms with Crippen LogP contribution in [0.25, 0.3) is 0 Å². The van der Waals surface area contributed by atoms with Crippen molar-refractivity contribution in [3.63, 3.8) is 0 Å². The van der Waals surface area contributed by atoms with E-state index >= 15 is 0 Å². The Bertz CT molecular complexity index is 922. The molecule has 1 amide bonds. The van der Waals surface area contributed by atoms with Crippen molar-refractivity contribution in [1.82, 2.24) is 0 Å². The number of rotatable bonds is 9. The van der Waals surface area contributed by atoms with Gasteiger partial charge in [-0.2, -0.15) is 0 Å². The smallest absolute Gasteiger partial charge is 0.255 e. The average Bonchev–Trinajstić information content (AvgIpc) is 2.73. The van der Waals surface area contributed by atoms with Crippen LogP contribution in [0, 0.1) is 0 Å². The molecule has 3 aromatic carbocycles. The molecule has 0 aliphatic carbocycles. The highest BCUT2D eigenvalue weighted by molar-refractivity contribution is 6.04. The Kier molecular flexibility index (Phi) is 6.85. The summed E-state index contributed by atoms with van der Waals surface area (Å²) in [7, 11) is 0. The van der Waals surface area contributed by atoms with Crippen molar-refractivity contribution < 1.29 is 14.3 Å². The number of benzene rings is 3. The summed E-state index contributed by atoms with van der Waals surface area (Å²) in [4.78, 5) is 12.6. The predicted octanol–water partition coefficient (Wildman–Crippen LogP) is 5.13. The fourth-order valence-electron chi connectivity index (χ4n) is 2.68. The van der Waals surface area contributed by atoms with Crippen LogP contribution in [0.15, 0.2) is 91.5 Å². The van der Waals surface area contributed by atoms with Crippen LogP contribution in [0.5, 0.6) is 11.5 Å². The normalized spacial score (nSPS) is 10.1. The maximum absolute atomic E-state index is 12.6. The molecule has 142 valence electrons. The monoisotopic (exact) mass is 373 g/mol. The van der Waals surface area contributed by atoms with Gasteiger partial charge in [-0.3, -0.25) is 4.79 Å². The fraction of sp³-hybridized carbons (Fsp3) is 0.125. The molecule has 28 heavy (non-hydrogen) atoms. The van der Waals surface area contributed by atoms with E-state index in [-0.39, 0.29) is 5.91 Å². The lowest BCUT2D eigenvalue weighted by Gasteiger charge is -2.10. The Hall–Kier alpha value is -3.53. The summed E-state index contributed by atoms with van der Waals surface area (Å²) >= 11 is 0. The molecule has 0 spiro atoms. The fourth-order valence-corrected chi connectivity index (χ4v) is 2.68. The van der Waals surface area contributed by atoms with E-state index in [4.69, 9.17) is 9.47 Å². The number of amides is 1. The third-order valence-electron chi connectivity index (χ3n) is 4.06. The molecule has 3 aromatic rings. The van der Waals surface area contributed by atoms with Gasteiger partial charge in [0.2, 0.25) is 0 Å². The molecule has 0 aromatic heterocycles. The van der Waals surface area contributed by atoms with Crippen LogP contribution in [-0.4, -0.2) is 19.1 Å². The summed E-state index contributed by atoms with van der Waals surface area (Å²) in [6.07, 6.45) is 2.49. The first kappa shape index (κ1) is 19.2. The largest absolute Gasteiger partial charge is 0.493 e. The number of anilines is 1. The van der Waals surface area contributed by atoms with Gasteiger partial charge in [0.15, 0.2) is 0 Å². The standard InChI is InChI=1S/C24H23NO3/c1-2-15-27-23-13-7-11-21(18-23)25-24(26)20-10-6-12-22(17-20)28-16-14-19-8-4-3-5-9-19/h2-13,17-18H,1,14-16H2,(H,25,26). The van der Waals surface area contributed by atoms with Crippen molar-refractivity contribution >= 4 is 11.6 Å². The van der Waals surface area contributed by atoms with Gasteiger partial charge < -0.3 is 14.8 Å². The molecule has 0 aliphatic heterocycles. The lowest BCUT2D eigenvalue weighted by Crippen LogP contribution is -2.12. The highest BCUT2D eigenvalue weighted by atomic mass is 16.5. The minimum absolute atomic E-state index is 0.200. The van der Waals surface area contributed by atoms with E-state index in [1.165, 1.54) is 5.56 Å². The van der Waals surface area contributed by atoms with Crippen molar-refractivity contribution in [2.24, 2.45) is 0 Å². The summed E-state index contributed by atoms with van der Waals surface area (Å²) in [6.45, 7) is 4.60. The van der Waals surface area contributed by atoms with Gasteiger partial charge in [0.25, 0.3) is 5.91 Å². The maximum Gasteiger partial charge on any atom is 0.255 e. The number of carbonyl (C=O) groups excluding carboxylic acids is 1. The topological polar surface area (TPSA) is 47.6 Å². The molecule has 0 atom stereocenters. The summed E-state index contributed by atoms with van der Waals surface area (Å²) in [5.41, 5.74) is 2.42. The van der Waals surface area contributed by atoms with Crippen LogP contribution >= 0.6 is 0 Å². The van der Waals surface area contributed by atoms with E-state index < -0.39 is 0 Å². The zero-order valence-corrected chi connectivity index (χ0v) is 15.6. The second-order valence-corrected chi connectivity index (χ2v) is 6.19. The number of nitrogens with one attached hydrogen (secondary N) is 1. The molecule has 1 N–H and O–H groups in total. The van der Waals surface area contributed by atoms with Crippen LogP contribution < -0.4 is 14.8 Å². The van der Waals surface area contributed by atoms with Gasteiger partial charge >= 0.3 is 0 Å². The van der Waals surface area contributed by atoms with Crippen molar-refractivity contribution in [3.05, 3.63) is 103 Å². The molecular formula is C24H23NO3. The SMILES string of the molecule is C=CCOc1cccc(NC(=O)c2cccc(OCCc3ccccc3)c2)c1. The first-order chi connectivity index (χ1) is 13.7. The van der Waals surface area contributed by atoms with E-state index in [1.807, 2.05) is 48.5 Å². The van der Waals surface area contributed by atoms with Crippen LogP contribution in [0.4, 0.5) is 5.69 Å².